The highest BCUT2D eigenvalue weighted by Crippen LogP contribution is 2.30. The van der Waals surface area contributed by atoms with Crippen molar-refractivity contribution in [2.45, 2.75) is 11.8 Å². The summed E-state index contributed by atoms with van der Waals surface area (Å²) in [6, 6.07) is 11.2. The molecule has 2 aromatic rings. The zero-order valence-corrected chi connectivity index (χ0v) is 11.6. The van der Waals surface area contributed by atoms with Gasteiger partial charge in [0.05, 0.1) is 5.69 Å². The number of phenols is 1. The Hall–Kier alpha value is -2.08. The number of hydrogen-bond donors (Lipinski definition) is 1. The molecule has 0 aliphatic carbocycles. The molecule has 0 atom stereocenters. The van der Waals surface area contributed by atoms with Crippen LogP contribution in [-0.4, -0.2) is 20.1 Å². The minimum absolute atomic E-state index is 0.0433. The van der Waals surface area contributed by atoms with Crippen molar-refractivity contribution >= 4 is 15.7 Å². The molecule has 0 spiro atoms. The molecule has 2 rings (SSSR count). The molecule has 20 heavy (non-hydrogen) atoms. The Morgan fingerprint density at radius 1 is 1.10 bits per heavy atom. The van der Waals surface area contributed by atoms with Gasteiger partial charge in [-0.05, 0) is 31.2 Å². The number of anilines is 1. The normalized spacial score (nSPS) is 11.3. The van der Waals surface area contributed by atoms with Gasteiger partial charge in [0.15, 0.2) is 0 Å². The standard InChI is InChI=1S/C14H14FNO3S/c1-2-16(12-8-4-3-7-11(12)15)20(18,19)14-10-6-5-9-13(14)17/h3-10,17H,2H2,1H3. The lowest BCUT2D eigenvalue weighted by Gasteiger charge is -2.23. The SMILES string of the molecule is CCN(c1ccccc1F)S(=O)(=O)c1ccccc1O. The van der Waals surface area contributed by atoms with E-state index in [9.17, 15) is 17.9 Å². The van der Waals surface area contributed by atoms with Gasteiger partial charge in [0.25, 0.3) is 10.0 Å². The lowest BCUT2D eigenvalue weighted by atomic mass is 10.3. The van der Waals surface area contributed by atoms with Crippen LogP contribution in [0.25, 0.3) is 0 Å². The fourth-order valence-corrected chi connectivity index (χ4v) is 3.49. The molecule has 0 radical (unpaired) electrons. The number of nitrogens with zero attached hydrogens (tertiary/aromatic N) is 1. The Morgan fingerprint density at radius 2 is 1.70 bits per heavy atom. The first kappa shape index (κ1) is 14.3. The molecule has 0 unspecified atom stereocenters. The van der Waals surface area contributed by atoms with E-state index in [1.165, 1.54) is 42.5 Å². The number of halogens is 1. The van der Waals surface area contributed by atoms with Gasteiger partial charge in [0.1, 0.15) is 16.5 Å². The van der Waals surface area contributed by atoms with Crippen molar-refractivity contribution in [3.8, 4) is 5.75 Å². The molecule has 0 saturated heterocycles. The third kappa shape index (κ3) is 2.46. The molecule has 2 aromatic carbocycles. The number of sulfonamides is 1. The molecule has 0 aliphatic heterocycles. The van der Waals surface area contributed by atoms with E-state index in [-0.39, 0.29) is 22.9 Å². The predicted octanol–water partition coefficient (Wildman–Crippen LogP) is 2.75. The molecule has 0 heterocycles. The lowest BCUT2D eigenvalue weighted by molar-refractivity contribution is 0.458. The zero-order valence-electron chi connectivity index (χ0n) is 10.8. The zero-order chi connectivity index (χ0) is 14.8. The third-order valence-corrected chi connectivity index (χ3v) is 4.78. The molecule has 0 amide bonds. The van der Waals surface area contributed by atoms with Crippen molar-refractivity contribution in [3.63, 3.8) is 0 Å². The van der Waals surface area contributed by atoms with Gasteiger partial charge in [-0.25, -0.2) is 12.8 Å². The van der Waals surface area contributed by atoms with Gasteiger partial charge in [-0.3, -0.25) is 4.31 Å². The molecule has 6 heteroatoms. The summed E-state index contributed by atoms with van der Waals surface area (Å²) in [6.45, 7) is 1.65. The van der Waals surface area contributed by atoms with Crippen LogP contribution in [0, 0.1) is 5.82 Å². The van der Waals surface area contributed by atoms with E-state index in [4.69, 9.17) is 0 Å². The highest BCUT2D eigenvalue weighted by atomic mass is 32.2. The highest BCUT2D eigenvalue weighted by molar-refractivity contribution is 7.93. The first-order valence-corrected chi connectivity index (χ1v) is 7.47. The van der Waals surface area contributed by atoms with Crippen molar-refractivity contribution in [2.24, 2.45) is 0 Å². The van der Waals surface area contributed by atoms with Crippen LogP contribution in [0.4, 0.5) is 10.1 Å². The summed E-state index contributed by atoms with van der Waals surface area (Å²) in [6.07, 6.45) is 0. The molecule has 0 bridgehead atoms. The number of rotatable bonds is 4. The second-order valence-electron chi connectivity index (χ2n) is 4.09. The first-order chi connectivity index (χ1) is 9.48. The molecular formula is C14H14FNO3S. The minimum Gasteiger partial charge on any atom is -0.507 e. The van der Waals surface area contributed by atoms with Crippen molar-refractivity contribution in [3.05, 3.63) is 54.3 Å². The van der Waals surface area contributed by atoms with Crippen molar-refractivity contribution in [1.29, 1.82) is 0 Å². The Balaban J connectivity index is 2.58. The fourth-order valence-electron chi connectivity index (χ4n) is 1.92. The summed E-state index contributed by atoms with van der Waals surface area (Å²) in [5.74, 6) is -0.990. The van der Waals surface area contributed by atoms with E-state index in [1.54, 1.807) is 13.0 Å². The van der Waals surface area contributed by atoms with Crippen molar-refractivity contribution in [1.82, 2.24) is 0 Å². The summed E-state index contributed by atoms with van der Waals surface area (Å²) >= 11 is 0. The summed E-state index contributed by atoms with van der Waals surface area (Å²) < 4.78 is 39.8. The maximum Gasteiger partial charge on any atom is 0.268 e. The number of para-hydroxylation sites is 2. The smallest absolute Gasteiger partial charge is 0.268 e. The Morgan fingerprint density at radius 3 is 2.30 bits per heavy atom. The summed E-state index contributed by atoms with van der Waals surface area (Å²) in [4.78, 5) is -0.245. The maximum absolute atomic E-state index is 13.8. The third-order valence-electron chi connectivity index (χ3n) is 2.84. The van der Waals surface area contributed by atoms with Crippen LogP contribution >= 0.6 is 0 Å². The van der Waals surface area contributed by atoms with Gasteiger partial charge in [0, 0.05) is 6.54 Å². The van der Waals surface area contributed by atoms with Crippen molar-refractivity contribution in [2.75, 3.05) is 10.8 Å². The average Bonchev–Trinajstić information content (AvgIpc) is 2.42. The second-order valence-corrected chi connectivity index (χ2v) is 5.92. The average molecular weight is 295 g/mol. The number of phenolic OH excluding ortho intramolecular Hbond substituents is 1. The Labute approximate surface area is 117 Å². The summed E-state index contributed by atoms with van der Waals surface area (Å²) in [7, 11) is -4.01. The van der Waals surface area contributed by atoms with Gasteiger partial charge < -0.3 is 5.11 Å². The van der Waals surface area contributed by atoms with E-state index >= 15 is 0 Å². The van der Waals surface area contributed by atoms with Crippen LogP contribution < -0.4 is 4.31 Å². The molecule has 106 valence electrons. The number of hydrogen-bond acceptors (Lipinski definition) is 3. The van der Waals surface area contributed by atoms with Crippen LogP contribution in [0.3, 0.4) is 0 Å². The quantitative estimate of drug-likeness (QED) is 0.943. The topological polar surface area (TPSA) is 57.6 Å². The van der Waals surface area contributed by atoms with E-state index in [1.807, 2.05) is 0 Å². The molecular weight excluding hydrogens is 281 g/mol. The van der Waals surface area contributed by atoms with Crippen LogP contribution in [-0.2, 0) is 10.0 Å². The predicted molar refractivity (Wildman–Crippen MR) is 74.7 cm³/mol. The summed E-state index contributed by atoms with van der Waals surface area (Å²) in [5, 5.41) is 9.71. The molecule has 0 aromatic heterocycles. The Bertz CT molecular complexity index is 716. The van der Waals surface area contributed by atoms with E-state index in [2.05, 4.69) is 0 Å². The second kappa shape index (κ2) is 5.50. The number of benzene rings is 2. The molecule has 0 fully saturated rings. The molecule has 4 nitrogen and oxygen atoms in total. The largest absolute Gasteiger partial charge is 0.507 e. The molecule has 1 N–H and O–H groups in total. The summed E-state index contributed by atoms with van der Waals surface area (Å²) in [5.41, 5.74) is -0.0433. The van der Waals surface area contributed by atoms with Gasteiger partial charge in [-0.1, -0.05) is 24.3 Å². The van der Waals surface area contributed by atoms with Gasteiger partial charge in [-0.2, -0.15) is 0 Å². The van der Waals surface area contributed by atoms with E-state index in [0.717, 1.165) is 4.31 Å². The van der Waals surface area contributed by atoms with Crippen LogP contribution in [0.15, 0.2) is 53.4 Å². The minimum atomic E-state index is -4.01. The lowest BCUT2D eigenvalue weighted by Crippen LogP contribution is -2.31. The number of aromatic hydroxyl groups is 1. The van der Waals surface area contributed by atoms with Crippen LogP contribution in [0.2, 0.25) is 0 Å². The van der Waals surface area contributed by atoms with Gasteiger partial charge in [0.2, 0.25) is 0 Å². The van der Waals surface area contributed by atoms with E-state index in [0.29, 0.717) is 0 Å². The maximum atomic E-state index is 13.8. The fraction of sp³-hybridized carbons (Fsp3) is 0.143. The van der Waals surface area contributed by atoms with Crippen molar-refractivity contribution < 1.29 is 17.9 Å². The van der Waals surface area contributed by atoms with Gasteiger partial charge in [-0.15, -0.1) is 0 Å². The van der Waals surface area contributed by atoms with Gasteiger partial charge >= 0.3 is 0 Å². The monoisotopic (exact) mass is 295 g/mol. The van der Waals surface area contributed by atoms with E-state index < -0.39 is 15.8 Å². The Kier molecular flexibility index (Phi) is 3.94. The highest BCUT2D eigenvalue weighted by Gasteiger charge is 2.27. The molecule has 0 saturated carbocycles. The van der Waals surface area contributed by atoms with Crippen LogP contribution in [0.5, 0.6) is 5.75 Å². The first-order valence-electron chi connectivity index (χ1n) is 6.03. The molecule has 0 aliphatic rings. The van der Waals surface area contributed by atoms with Crippen LogP contribution in [0.1, 0.15) is 6.92 Å².